The summed E-state index contributed by atoms with van der Waals surface area (Å²) in [5.74, 6) is 0.309. The van der Waals surface area contributed by atoms with Crippen molar-refractivity contribution in [3.63, 3.8) is 0 Å². The van der Waals surface area contributed by atoms with Crippen LogP contribution < -0.4 is 5.32 Å². The van der Waals surface area contributed by atoms with Gasteiger partial charge in [0.2, 0.25) is 5.91 Å². The maximum atomic E-state index is 13.4. The van der Waals surface area contributed by atoms with Crippen LogP contribution in [0, 0.1) is 5.82 Å². The van der Waals surface area contributed by atoms with E-state index in [0.717, 1.165) is 0 Å². The van der Waals surface area contributed by atoms with Crippen molar-refractivity contribution in [1.82, 2.24) is 24.6 Å². The minimum atomic E-state index is -0.338. The van der Waals surface area contributed by atoms with Gasteiger partial charge in [0.25, 0.3) is 0 Å². The fourth-order valence-corrected chi connectivity index (χ4v) is 3.70. The average molecular weight is 469 g/mol. The van der Waals surface area contributed by atoms with E-state index in [9.17, 15) is 9.18 Å². The number of aromatic nitrogens is 4. The molecule has 1 amide bonds. The van der Waals surface area contributed by atoms with Crippen LogP contribution in [0.3, 0.4) is 0 Å². The average Bonchev–Trinajstić information content (AvgIpc) is 3.12. The Labute approximate surface area is 187 Å². The predicted octanol–water partition coefficient (Wildman–Crippen LogP) is 4.46. The van der Waals surface area contributed by atoms with Crippen LogP contribution in [-0.4, -0.2) is 50.4 Å². The van der Waals surface area contributed by atoms with Gasteiger partial charge in [-0.2, -0.15) is 0 Å². The first-order chi connectivity index (χ1) is 14.3. The molecule has 2 heterocycles. The van der Waals surface area contributed by atoms with Gasteiger partial charge in [0.15, 0.2) is 16.8 Å². The first kappa shape index (κ1) is 22.5. The Hall–Kier alpha value is -2.20. The van der Waals surface area contributed by atoms with Crippen molar-refractivity contribution in [2.75, 3.05) is 25.2 Å². The van der Waals surface area contributed by atoms with Crippen LogP contribution in [0.2, 0.25) is 10.0 Å². The number of carbonyl (C=O) groups excluding carboxylic acids is 1. The molecule has 0 radical (unpaired) electrons. The van der Waals surface area contributed by atoms with Crippen molar-refractivity contribution < 1.29 is 9.18 Å². The van der Waals surface area contributed by atoms with Crippen LogP contribution >= 0.6 is 35.0 Å². The summed E-state index contributed by atoms with van der Waals surface area (Å²) < 4.78 is 15.2. The molecule has 0 fully saturated rings. The zero-order chi connectivity index (χ0) is 21.8. The fraction of sp³-hybridized carbons (Fsp3) is 0.263. The largest absolute Gasteiger partial charge is 0.309 e. The molecular formula is C19H19Cl2FN6OS. The van der Waals surface area contributed by atoms with Gasteiger partial charge in [-0.05, 0) is 51.4 Å². The predicted molar refractivity (Wildman–Crippen MR) is 117 cm³/mol. The first-order valence-electron chi connectivity index (χ1n) is 8.87. The molecule has 7 nitrogen and oxygen atoms in total. The van der Waals surface area contributed by atoms with E-state index >= 15 is 0 Å². The Morgan fingerprint density at radius 3 is 2.60 bits per heavy atom. The summed E-state index contributed by atoms with van der Waals surface area (Å²) in [6.45, 7) is 1.99. The number of carbonyl (C=O) groups is 1. The third kappa shape index (κ3) is 5.28. The SMILES string of the molecule is C[C@@H](c1nnc(SCC(=O)Nc2ncc(Cl)cc2Cl)n1-c1ccc(F)cc1)N(C)C. The molecule has 158 valence electrons. The normalized spacial score (nSPS) is 12.2. The lowest BCUT2D eigenvalue weighted by Gasteiger charge is -2.20. The highest BCUT2D eigenvalue weighted by atomic mass is 35.5. The number of halogens is 3. The molecule has 0 aliphatic carbocycles. The van der Waals surface area contributed by atoms with Crippen LogP contribution in [-0.2, 0) is 4.79 Å². The van der Waals surface area contributed by atoms with Crippen molar-refractivity contribution >= 4 is 46.7 Å². The Balaban J connectivity index is 1.81. The third-order valence-electron chi connectivity index (χ3n) is 4.29. The molecule has 11 heteroatoms. The van der Waals surface area contributed by atoms with Crippen molar-refractivity contribution in [3.05, 3.63) is 58.2 Å². The highest BCUT2D eigenvalue weighted by molar-refractivity contribution is 7.99. The number of hydrogen-bond acceptors (Lipinski definition) is 6. The van der Waals surface area contributed by atoms with E-state index in [2.05, 4.69) is 20.5 Å². The van der Waals surface area contributed by atoms with Gasteiger partial charge in [-0.25, -0.2) is 9.37 Å². The Kier molecular flexibility index (Phi) is 7.30. The summed E-state index contributed by atoms with van der Waals surface area (Å²) in [5.41, 5.74) is 0.704. The highest BCUT2D eigenvalue weighted by Gasteiger charge is 2.21. The summed E-state index contributed by atoms with van der Waals surface area (Å²) in [6.07, 6.45) is 1.40. The van der Waals surface area contributed by atoms with Gasteiger partial charge in [0.1, 0.15) is 5.82 Å². The van der Waals surface area contributed by atoms with Gasteiger partial charge >= 0.3 is 0 Å². The molecule has 0 saturated heterocycles. The number of amides is 1. The van der Waals surface area contributed by atoms with Gasteiger partial charge in [0.05, 0.1) is 21.8 Å². The van der Waals surface area contributed by atoms with Crippen molar-refractivity contribution in [1.29, 1.82) is 0 Å². The van der Waals surface area contributed by atoms with E-state index in [1.165, 1.54) is 36.2 Å². The van der Waals surface area contributed by atoms with Gasteiger partial charge in [-0.15, -0.1) is 10.2 Å². The van der Waals surface area contributed by atoms with Crippen molar-refractivity contribution in [2.24, 2.45) is 0 Å². The zero-order valence-electron chi connectivity index (χ0n) is 16.4. The number of thioether (sulfide) groups is 1. The van der Waals surface area contributed by atoms with Gasteiger partial charge in [-0.1, -0.05) is 35.0 Å². The number of rotatable bonds is 7. The number of pyridine rings is 1. The summed E-state index contributed by atoms with van der Waals surface area (Å²) in [5, 5.41) is 12.3. The molecule has 0 spiro atoms. The smallest absolute Gasteiger partial charge is 0.236 e. The maximum absolute atomic E-state index is 13.4. The monoisotopic (exact) mass is 468 g/mol. The molecule has 3 aromatic rings. The summed E-state index contributed by atoms with van der Waals surface area (Å²) in [6, 6.07) is 7.48. The lowest BCUT2D eigenvalue weighted by molar-refractivity contribution is -0.113. The molecule has 1 atom stereocenters. The molecule has 3 rings (SSSR count). The summed E-state index contributed by atoms with van der Waals surface area (Å²) in [4.78, 5) is 18.4. The van der Waals surface area contributed by atoms with E-state index < -0.39 is 0 Å². The molecule has 0 unspecified atom stereocenters. The molecule has 1 aromatic carbocycles. The number of hydrogen-bond donors (Lipinski definition) is 1. The van der Waals surface area contributed by atoms with Crippen molar-refractivity contribution in [3.8, 4) is 5.69 Å². The van der Waals surface area contributed by atoms with E-state index in [-0.39, 0.29) is 34.4 Å². The molecular weight excluding hydrogens is 450 g/mol. The number of benzene rings is 1. The van der Waals surface area contributed by atoms with Gasteiger partial charge in [-0.3, -0.25) is 14.3 Å². The summed E-state index contributed by atoms with van der Waals surface area (Å²) >= 11 is 13.1. The maximum Gasteiger partial charge on any atom is 0.236 e. The quantitative estimate of drug-likeness (QED) is 0.515. The minimum Gasteiger partial charge on any atom is -0.309 e. The Morgan fingerprint density at radius 2 is 1.97 bits per heavy atom. The second-order valence-electron chi connectivity index (χ2n) is 6.61. The van der Waals surface area contributed by atoms with E-state index in [1.807, 2.05) is 30.5 Å². The minimum absolute atomic E-state index is 0.0519. The van der Waals surface area contributed by atoms with Crippen molar-refractivity contribution in [2.45, 2.75) is 18.1 Å². The molecule has 2 aromatic heterocycles. The Morgan fingerprint density at radius 1 is 1.27 bits per heavy atom. The molecule has 0 saturated carbocycles. The van der Waals surface area contributed by atoms with Crippen LogP contribution in [0.4, 0.5) is 10.2 Å². The topological polar surface area (TPSA) is 75.9 Å². The van der Waals surface area contributed by atoms with E-state index in [0.29, 0.717) is 21.7 Å². The van der Waals surface area contributed by atoms with E-state index in [4.69, 9.17) is 23.2 Å². The second-order valence-corrected chi connectivity index (χ2v) is 8.40. The Bertz CT molecular complexity index is 1040. The first-order valence-corrected chi connectivity index (χ1v) is 10.6. The standard InChI is InChI=1S/C19H19Cl2FN6OS/c1-11(27(2)3)18-25-26-19(28(18)14-6-4-13(22)5-7-14)30-10-16(29)24-17-15(21)8-12(20)9-23-17/h4-9,11H,10H2,1-3H3,(H,23,24,29)/t11-/m0/s1. The van der Waals surface area contributed by atoms with Crippen LogP contribution in [0.1, 0.15) is 18.8 Å². The summed E-state index contributed by atoms with van der Waals surface area (Å²) in [7, 11) is 3.86. The molecule has 30 heavy (non-hydrogen) atoms. The number of anilines is 1. The fourth-order valence-electron chi connectivity index (χ4n) is 2.51. The lowest BCUT2D eigenvalue weighted by Crippen LogP contribution is -2.21. The van der Waals surface area contributed by atoms with Gasteiger partial charge < -0.3 is 5.32 Å². The van der Waals surface area contributed by atoms with Gasteiger partial charge in [0, 0.05) is 11.9 Å². The molecule has 0 bridgehead atoms. The van der Waals surface area contributed by atoms with E-state index in [1.54, 1.807) is 12.1 Å². The lowest BCUT2D eigenvalue weighted by atomic mass is 10.2. The zero-order valence-corrected chi connectivity index (χ0v) is 18.8. The second kappa shape index (κ2) is 9.74. The third-order valence-corrected chi connectivity index (χ3v) is 5.71. The number of nitrogens with one attached hydrogen (secondary N) is 1. The van der Waals surface area contributed by atoms with Crippen LogP contribution in [0.15, 0.2) is 41.7 Å². The number of nitrogens with zero attached hydrogens (tertiary/aromatic N) is 5. The highest BCUT2D eigenvalue weighted by Crippen LogP contribution is 2.27. The van der Waals surface area contributed by atoms with Crippen LogP contribution in [0.5, 0.6) is 0 Å². The molecule has 0 aliphatic rings. The van der Waals surface area contributed by atoms with Crippen LogP contribution in [0.25, 0.3) is 5.69 Å². The molecule has 0 aliphatic heterocycles. The molecule has 1 N–H and O–H groups in total.